The van der Waals surface area contributed by atoms with Gasteiger partial charge in [0.2, 0.25) is 6.10 Å². The van der Waals surface area contributed by atoms with Gasteiger partial charge in [0.25, 0.3) is 0 Å². The maximum Gasteiger partial charge on any atom is 0.423 e. The Kier molecular flexibility index (Phi) is 5.70. The molecule has 1 unspecified atom stereocenters. The molecule has 0 aromatic heterocycles. The van der Waals surface area contributed by atoms with Crippen molar-refractivity contribution in [1.29, 1.82) is 0 Å². The molecule has 1 aromatic carbocycles. The number of hydrogen-bond donors (Lipinski definition) is 0. The van der Waals surface area contributed by atoms with Crippen LogP contribution in [-0.4, -0.2) is 22.9 Å². The number of ether oxygens (including phenoxy) is 1. The minimum Gasteiger partial charge on any atom is -0.352 e. The van der Waals surface area contributed by atoms with Gasteiger partial charge in [-0.25, -0.2) is 0 Å². The van der Waals surface area contributed by atoms with Crippen LogP contribution in [0.1, 0.15) is 17.2 Å². The van der Waals surface area contributed by atoms with Crippen LogP contribution in [0.2, 0.25) is 0 Å². The Bertz CT molecular complexity index is 428. The highest BCUT2D eigenvalue weighted by molar-refractivity contribution is 14.1. The van der Waals surface area contributed by atoms with E-state index in [1.165, 1.54) is 12.1 Å². The summed E-state index contributed by atoms with van der Waals surface area (Å²) in [4.78, 5) is 0. The third-order valence-electron chi connectivity index (χ3n) is 2.45. The summed E-state index contributed by atoms with van der Waals surface area (Å²) >= 11 is 1.69. The lowest BCUT2D eigenvalue weighted by Crippen LogP contribution is -2.45. The molecule has 0 aliphatic heterocycles. The van der Waals surface area contributed by atoms with Crippen molar-refractivity contribution in [3.8, 4) is 0 Å². The standard InChI is InChI=1S/C12H11F6IO/c1-7-3-2-4-8(5-7)9(6-19)20-10(11(13,14)15)12(16,17)18/h2-5,9-10H,6H2,1H3. The van der Waals surface area contributed by atoms with Crippen LogP contribution < -0.4 is 0 Å². The molecule has 0 saturated carbocycles. The summed E-state index contributed by atoms with van der Waals surface area (Å²) in [5.74, 6) is 0. The van der Waals surface area contributed by atoms with Gasteiger partial charge in [0.05, 0.1) is 6.10 Å². The van der Waals surface area contributed by atoms with Crippen molar-refractivity contribution in [3.63, 3.8) is 0 Å². The zero-order valence-electron chi connectivity index (χ0n) is 10.2. The van der Waals surface area contributed by atoms with E-state index in [1.54, 1.807) is 41.6 Å². The Morgan fingerprint density at radius 1 is 1.10 bits per heavy atom. The van der Waals surface area contributed by atoms with Gasteiger partial charge in [-0.05, 0) is 12.5 Å². The number of aryl methyl sites for hydroxylation is 1. The molecular weight excluding hydrogens is 401 g/mol. The molecule has 0 aliphatic rings. The van der Waals surface area contributed by atoms with Crippen molar-refractivity contribution < 1.29 is 31.1 Å². The fourth-order valence-corrected chi connectivity index (χ4v) is 2.29. The van der Waals surface area contributed by atoms with Crippen molar-refractivity contribution in [2.24, 2.45) is 0 Å². The first-order chi connectivity index (χ1) is 9.05. The largest absolute Gasteiger partial charge is 0.423 e. The summed E-state index contributed by atoms with van der Waals surface area (Å²) in [6, 6.07) is 6.20. The molecule has 0 fully saturated rings. The van der Waals surface area contributed by atoms with E-state index in [0.717, 1.165) is 5.56 Å². The monoisotopic (exact) mass is 412 g/mol. The number of alkyl halides is 7. The predicted octanol–water partition coefficient (Wildman–Crippen LogP) is 4.98. The lowest BCUT2D eigenvalue weighted by molar-refractivity contribution is -0.330. The van der Waals surface area contributed by atoms with Crippen molar-refractivity contribution in [2.75, 3.05) is 4.43 Å². The highest BCUT2D eigenvalue weighted by Gasteiger charge is 2.58. The lowest BCUT2D eigenvalue weighted by Gasteiger charge is -2.27. The van der Waals surface area contributed by atoms with Gasteiger partial charge >= 0.3 is 12.4 Å². The van der Waals surface area contributed by atoms with Crippen LogP contribution in [0.5, 0.6) is 0 Å². The highest BCUT2D eigenvalue weighted by atomic mass is 127. The van der Waals surface area contributed by atoms with Gasteiger partial charge in [0.15, 0.2) is 0 Å². The maximum atomic E-state index is 12.5. The zero-order valence-corrected chi connectivity index (χ0v) is 12.4. The van der Waals surface area contributed by atoms with Crippen molar-refractivity contribution in [2.45, 2.75) is 31.5 Å². The molecule has 8 heteroatoms. The Morgan fingerprint density at radius 3 is 2.05 bits per heavy atom. The molecule has 1 rings (SSSR count). The van der Waals surface area contributed by atoms with Crippen LogP contribution in [0.3, 0.4) is 0 Å². The third-order valence-corrected chi connectivity index (χ3v) is 3.25. The Labute approximate surface area is 125 Å². The topological polar surface area (TPSA) is 9.23 Å². The van der Waals surface area contributed by atoms with Crippen LogP contribution in [0.4, 0.5) is 26.3 Å². The van der Waals surface area contributed by atoms with Gasteiger partial charge in [-0.2, -0.15) is 26.3 Å². The van der Waals surface area contributed by atoms with Crippen LogP contribution >= 0.6 is 22.6 Å². The van der Waals surface area contributed by atoms with Gasteiger partial charge in [0, 0.05) is 4.43 Å². The molecule has 0 N–H and O–H groups in total. The molecule has 0 saturated heterocycles. The minimum atomic E-state index is -5.49. The van der Waals surface area contributed by atoms with Crippen LogP contribution in [0, 0.1) is 6.92 Å². The average Bonchev–Trinajstić information content (AvgIpc) is 2.26. The fourth-order valence-electron chi connectivity index (χ4n) is 1.58. The van der Waals surface area contributed by atoms with E-state index in [1.807, 2.05) is 0 Å². The molecule has 114 valence electrons. The zero-order chi connectivity index (χ0) is 15.6. The normalized spacial score (nSPS) is 14.7. The molecule has 0 spiro atoms. The Balaban J connectivity index is 3.01. The molecule has 1 nitrogen and oxygen atoms in total. The molecule has 0 heterocycles. The first kappa shape index (κ1) is 17.5. The molecular formula is C12H11F6IO. The van der Waals surface area contributed by atoms with Crippen LogP contribution in [0.15, 0.2) is 24.3 Å². The van der Waals surface area contributed by atoms with Crippen molar-refractivity contribution in [1.82, 2.24) is 0 Å². The molecule has 0 aliphatic carbocycles. The summed E-state index contributed by atoms with van der Waals surface area (Å²) in [7, 11) is 0. The highest BCUT2D eigenvalue weighted by Crippen LogP contribution is 2.39. The first-order valence-electron chi connectivity index (χ1n) is 5.47. The summed E-state index contributed by atoms with van der Waals surface area (Å²) in [5.41, 5.74) is 1.02. The lowest BCUT2D eigenvalue weighted by atomic mass is 10.1. The number of rotatable bonds is 4. The summed E-state index contributed by atoms with van der Waals surface area (Å²) < 4.78 is 79.0. The smallest absolute Gasteiger partial charge is 0.352 e. The number of halogens is 7. The number of benzene rings is 1. The molecule has 0 amide bonds. The Hall–Kier alpha value is -0.510. The van der Waals surface area contributed by atoms with Gasteiger partial charge in [-0.15, -0.1) is 0 Å². The van der Waals surface area contributed by atoms with E-state index in [0.29, 0.717) is 0 Å². The fraction of sp³-hybridized carbons (Fsp3) is 0.500. The van der Waals surface area contributed by atoms with Gasteiger partial charge in [-0.1, -0.05) is 52.4 Å². The second kappa shape index (κ2) is 6.50. The van der Waals surface area contributed by atoms with Crippen molar-refractivity contribution in [3.05, 3.63) is 35.4 Å². The molecule has 1 atom stereocenters. The van der Waals surface area contributed by atoms with Crippen molar-refractivity contribution >= 4 is 22.6 Å². The van der Waals surface area contributed by atoms with E-state index < -0.39 is 24.6 Å². The van der Waals surface area contributed by atoms with E-state index in [9.17, 15) is 26.3 Å². The number of hydrogen-bond acceptors (Lipinski definition) is 1. The maximum absolute atomic E-state index is 12.5. The van der Waals surface area contributed by atoms with Crippen LogP contribution in [0.25, 0.3) is 0 Å². The van der Waals surface area contributed by atoms with Gasteiger partial charge in [-0.3, -0.25) is 0 Å². The Morgan fingerprint density at radius 2 is 1.65 bits per heavy atom. The average molecular weight is 412 g/mol. The van der Waals surface area contributed by atoms with Gasteiger partial charge < -0.3 is 4.74 Å². The molecule has 0 bridgehead atoms. The predicted molar refractivity (Wildman–Crippen MR) is 69.8 cm³/mol. The molecule has 0 radical (unpaired) electrons. The molecule has 20 heavy (non-hydrogen) atoms. The van der Waals surface area contributed by atoms with E-state index in [-0.39, 0.29) is 9.99 Å². The quantitative estimate of drug-likeness (QED) is 0.385. The third kappa shape index (κ3) is 4.80. The second-order valence-corrected chi connectivity index (χ2v) is 5.04. The minimum absolute atomic E-state index is 0.0239. The molecule has 1 aromatic rings. The van der Waals surface area contributed by atoms with E-state index in [2.05, 4.69) is 4.74 Å². The second-order valence-electron chi connectivity index (χ2n) is 4.16. The van der Waals surface area contributed by atoms with Crippen LogP contribution in [-0.2, 0) is 4.74 Å². The summed E-state index contributed by atoms with van der Waals surface area (Å²) in [6.45, 7) is 1.69. The van der Waals surface area contributed by atoms with E-state index in [4.69, 9.17) is 0 Å². The first-order valence-corrected chi connectivity index (χ1v) is 6.99. The van der Waals surface area contributed by atoms with E-state index >= 15 is 0 Å². The van der Waals surface area contributed by atoms with Gasteiger partial charge in [0.1, 0.15) is 0 Å². The SMILES string of the molecule is Cc1cccc(C(CI)OC(C(F)(F)F)C(F)(F)F)c1. The summed E-state index contributed by atoms with van der Waals surface area (Å²) in [6.07, 6.45) is -16.0. The summed E-state index contributed by atoms with van der Waals surface area (Å²) in [5, 5.41) is 0.